The number of carbonyl (C=O) groups is 1. The Balaban J connectivity index is 1.64. The summed E-state index contributed by atoms with van der Waals surface area (Å²) in [7, 11) is 0. The number of amides is 1. The maximum atomic E-state index is 11.5. The quantitative estimate of drug-likeness (QED) is 0.763. The lowest BCUT2D eigenvalue weighted by Gasteiger charge is -2.47. The van der Waals surface area contributed by atoms with Crippen molar-refractivity contribution in [2.75, 3.05) is 13.1 Å². The molecule has 1 heterocycles. The van der Waals surface area contributed by atoms with Gasteiger partial charge in [-0.15, -0.1) is 0 Å². The fourth-order valence-electron chi connectivity index (χ4n) is 1.99. The van der Waals surface area contributed by atoms with Crippen LogP contribution in [-0.2, 0) is 4.79 Å². The molecule has 0 unspecified atom stereocenters. The van der Waals surface area contributed by atoms with Gasteiger partial charge in [0.2, 0.25) is 5.91 Å². The monoisotopic (exact) mass is 210 g/mol. The van der Waals surface area contributed by atoms with Gasteiger partial charge in [0.25, 0.3) is 0 Å². The van der Waals surface area contributed by atoms with Crippen molar-refractivity contribution in [1.29, 1.82) is 0 Å². The Bertz CT molecular complexity index is 247. The first-order valence-corrected chi connectivity index (χ1v) is 5.99. The Hall–Kier alpha value is -0.570. The fourth-order valence-corrected chi connectivity index (χ4v) is 1.99. The molecule has 0 bridgehead atoms. The molecule has 0 radical (unpaired) electrons. The first-order chi connectivity index (χ1) is 6.95. The number of likely N-dealkylation sites (tertiary alicyclic amines) is 1. The zero-order valence-corrected chi connectivity index (χ0v) is 10.0. The molecule has 0 aromatic heterocycles. The Morgan fingerprint density at radius 3 is 2.40 bits per heavy atom. The van der Waals surface area contributed by atoms with Crippen LogP contribution in [0.25, 0.3) is 0 Å². The summed E-state index contributed by atoms with van der Waals surface area (Å²) in [5.74, 6) is 0.958. The predicted octanol–water partition coefficient (Wildman–Crippen LogP) is 1.39. The van der Waals surface area contributed by atoms with Crippen LogP contribution in [0.3, 0.4) is 0 Å². The van der Waals surface area contributed by atoms with Crippen LogP contribution in [0.1, 0.15) is 40.0 Å². The predicted molar refractivity (Wildman–Crippen MR) is 60.6 cm³/mol. The second kappa shape index (κ2) is 3.78. The minimum Gasteiger partial charge on any atom is -0.351 e. The van der Waals surface area contributed by atoms with Gasteiger partial charge in [0.15, 0.2) is 0 Å². The van der Waals surface area contributed by atoms with Gasteiger partial charge in [0.05, 0.1) is 6.04 Å². The van der Waals surface area contributed by atoms with Gasteiger partial charge < -0.3 is 5.32 Å². The van der Waals surface area contributed by atoms with E-state index in [9.17, 15) is 4.79 Å². The molecule has 0 aromatic rings. The van der Waals surface area contributed by atoms with Crippen LogP contribution in [-0.4, -0.2) is 35.5 Å². The number of carbonyl (C=O) groups excluding carboxylic acids is 1. The molecule has 1 saturated carbocycles. The normalized spacial score (nSPS) is 23.7. The highest BCUT2D eigenvalue weighted by molar-refractivity contribution is 5.77. The molecule has 1 aliphatic carbocycles. The number of rotatable bonds is 3. The number of nitrogens with zero attached hydrogens (tertiary/aromatic N) is 1. The number of nitrogens with one attached hydrogen (secondary N) is 1. The Labute approximate surface area is 92.2 Å². The molecule has 0 aromatic carbocycles. The molecule has 0 spiro atoms. The highest BCUT2D eigenvalue weighted by atomic mass is 16.1. The van der Waals surface area contributed by atoms with Crippen molar-refractivity contribution in [3.8, 4) is 0 Å². The van der Waals surface area contributed by atoms with Crippen molar-refractivity contribution < 1.29 is 4.79 Å². The third kappa shape index (κ3) is 2.94. The fraction of sp³-hybridized carbons (Fsp3) is 0.917. The van der Waals surface area contributed by atoms with E-state index in [0.717, 1.165) is 19.5 Å². The third-order valence-corrected chi connectivity index (χ3v) is 3.37. The Morgan fingerprint density at radius 1 is 1.33 bits per heavy atom. The van der Waals surface area contributed by atoms with E-state index in [1.807, 2.05) is 0 Å². The topological polar surface area (TPSA) is 32.3 Å². The lowest BCUT2D eigenvalue weighted by atomic mass is 9.97. The molecule has 2 rings (SSSR count). The van der Waals surface area contributed by atoms with Crippen molar-refractivity contribution in [3.05, 3.63) is 0 Å². The zero-order chi connectivity index (χ0) is 11.1. The molecular formula is C12H22N2O. The lowest BCUT2D eigenvalue weighted by Crippen LogP contribution is -2.64. The summed E-state index contributed by atoms with van der Waals surface area (Å²) in [6.07, 6.45) is 3.27. The highest BCUT2D eigenvalue weighted by Crippen LogP contribution is 2.32. The van der Waals surface area contributed by atoms with Crippen LogP contribution in [0.2, 0.25) is 0 Å². The van der Waals surface area contributed by atoms with E-state index < -0.39 is 0 Å². The van der Waals surface area contributed by atoms with Gasteiger partial charge in [-0.3, -0.25) is 9.69 Å². The van der Waals surface area contributed by atoms with Crippen LogP contribution in [0.15, 0.2) is 0 Å². The van der Waals surface area contributed by atoms with Crippen LogP contribution in [0.5, 0.6) is 0 Å². The van der Waals surface area contributed by atoms with E-state index in [-0.39, 0.29) is 11.4 Å². The number of hydrogen-bond donors (Lipinski definition) is 1. The van der Waals surface area contributed by atoms with Crippen LogP contribution in [0, 0.1) is 5.92 Å². The van der Waals surface area contributed by atoms with Gasteiger partial charge in [-0.05, 0) is 39.5 Å². The van der Waals surface area contributed by atoms with E-state index in [2.05, 4.69) is 31.0 Å². The van der Waals surface area contributed by atoms with Gasteiger partial charge in [-0.1, -0.05) is 0 Å². The minimum atomic E-state index is 0.248. The molecule has 1 amide bonds. The molecule has 15 heavy (non-hydrogen) atoms. The highest BCUT2D eigenvalue weighted by Gasteiger charge is 2.35. The van der Waals surface area contributed by atoms with E-state index >= 15 is 0 Å². The molecule has 0 atom stereocenters. The van der Waals surface area contributed by atoms with Crippen LogP contribution < -0.4 is 5.32 Å². The molecule has 1 N–H and O–H groups in total. The van der Waals surface area contributed by atoms with Gasteiger partial charge in [0.1, 0.15) is 0 Å². The maximum Gasteiger partial charge on any atom is 0.220 e. The second-order valence-corrected chi connectivity index (χ2v) is 5.99. The molecule has 1 aliphatic heterocycles. The summed E-state index contributed by atoms with van der Waals surface area (Å²) >= 11 is 0. The molecule has 2 aliphatic rings. The Kier molecular flexibility index (Phi) is 2.75. The summed E-state index contributed by atoms with van der Waals surface area (Å²) in [6.45, 7) is 8.68. The summed E-state index contributed by atoms with van der Waals surface area (Å²) in [5, 5.41) is 3.11. The van der Waals surface area contributed by atoms with Gasteiger partial charge in [-0.2, -0.15) is 0 Å². The SMILES string of the molecule is CC(C)(C)N1CC(NC(=O)CC2CC2)C1. The van der Waals surface area contributed by atoms with E-state index in [0.29, 0.717) is 12.0 Å². The Morgan fingerprint density at radius 2 is 1.93 bits per heavy atom. The molecular weight excluding hydrogens is 188 g/mol. The van der Waals surface area contributed by atoms with Crippen molar-refractivity contribution in [1.82, 2.24) is 10.2 Å². The summed E-state index contributed by atoms with van der Waals surface area (Å²) in [6, 6.07) is 0.399. The van der Waals surface area contributed by atoms with Crippen molar-refractivity contribution in [2.45, 2.75) is 51.6 Å². The largest absolute Gasteiger partial charge is 0.351 e. The van der Waals surface area contributed by atoms with E-state index in [1.54, 1.807) is 0 Å². The minimum absolute atomic E-state index is 0.248. The lowest BCUT2D eigenvalue weighted by molar-refractivity contribution is -0.124. The van der Waals surface area contributed by atoms with Gasteiger partial charge in [-0.25, -0.2) is 0 Å². The van der Waals surface area contributed by atoms with Crippen molar-refractivity contribution >= 4 is 5.91 Å². The smallest absolute Gasteiger partial charge is 0.220 e. The van der Waals surface area contributed by atoms with Gasteiger partial charge in [0, 0.05) is 25.0 Å². The maximum absolute atomic E-state index is 11.5. The molecule has 2 fully saturated rings. The third-order valence-electron chi connectivity index (χ3n) is 3.37. The van der Waals surface area contributed by atoms with Crippen molar-refractivity contribution in [2.24, 2.45) is 5.92 Å². The van der Waals surface area contributed by atoms with Crippen molar-refractivity contribution in [3.63, 3.8) is 0 Å². The van der Waals surface area contributed by atoms with E-state index in [1.165, 1.54) is 12.8 Å². The standard InChI is InChI=1S/C12H22N2O/c1-12(2,3)14-7-10(8-14)13-11(15)6-9-4-5-9/h9-10H,4-8H2,1-3H3,(H,13,15). The summed E-state index contributed by atoms with van der Waals surface area (Å²) in [4.78, 5) is 13.9. The summed E-state index contributed by atoms with van der Waals surface area (Å²) in [5.41, 5.74) is 0.248. The van der Waals surface area contributed by atoms with E-state index in [4.69, 9.17) is 0 Å². The molecule has 86 valence electrons. The first-order valence-electron chi connectivity index (χ1n) is 5.99. The second-order valence-electron chi connectivity index (χ2n) is 5.99. The van der Waals surface area contributed by atoms with Crippen LogP contribution >= 0.6 is 0 Å². The molecule has 1 saturated heterocycles. The van der Waals surface area contributed by atoms with Crippen LogP contribution in [0.4, 0.5) is 0 Å². The summed E-state index contributed by atoms with van der Waals surface area (Å²) < 4.78 is 0. The first kappa shape index (κ1) is 10.9. The zero-order valence-electron chi connectivity index (χ0n) is 10.0. The number of hydrogen-bond acceptors (Lipinski definition) is 2. The van der Waals surface area contributed by atoms with Gasteiger partial charge >= 0.3 is 0 Å². The molecule has 3 heteroatoms. The average Bonchev–Trinajstić information content (AvgIpc) is 2.77. The molecule has 3 nitrogen and oxygen atoms in total. The average molecular weight is 210 g/mol.